The van der Waals surface area contributed by atoms with Crippen LogP contribution in [0.5, 0.6) is 0 Å². The van der Waals surface area contributed by atoms with Crippen molar-refractivity contribution in [3.8, 4) is 0 Å². The fourth-order valence-corrected chi connectivity index (χ4v) is 2.85. The lowest BCUT2D eigenvalue weighted by atomic mass is 10.0. The van der Waals surface area contributed by atoms with Crippen LogP contribution < -0.4 is 5.32 Å². The lowest BCUT2D eigenvalue weighted by Crippen LogP contribution is -2.49. The second kappa shape index (κ2) is 6.34. The van der Waals surface area contributed by atoms with E-state index < -0.39 is 11.8 Å². The Bertz CT molecular complexity index is 340. The molecule has 2 fully saturated rings. The molecular weight excluding hydrogens is 246 g/mol. The molecule has 2 N–H and O–H groups in total. The Balaban J connectivity index is 2.00. The molecule has 2 unspecified atom stereocenters. The van der Waals surface area contributed by atoms with E-state index in [1.54, 1.807) is 9.80 Å². The summed E-state index contributed by atoms with van der Waals surface area (Å²) in [6.07, 6.45) is 1.73. The van der Waals surface area contributed by atoms with Gasteiger partial charge in [-0.05, 0) is 25.3 Å². The molecule has 2 rings (SSSR count). The molecule has 0 saturated carbocycles. The van der Waals surface area contributed by atoms with Crippen molar-refractivity contribution >= 4 is 11.8 Å². The molecule has 2 amide bonds. The molecule has 2 atom stereocenters. The summed E-state index contributed by atoms with van der Waals surface area (Å²) in [5, 5.41) is 12.6. The van der Waals surface area contributed by atoms with Crippen molar-refractivity contribution in [1.82, 2.24) is 15.1 Å². The lowest BCUT2D eigenvalue weighted by Gasteiger charge is -2.27. The van der Waals surface area contributed by atoms with E-state index in [9.17, 15) is 14.7 Å². The summed E-state index contributed by atoms with van der Waals surface area (Å²) in [6, 6.07) is -0.207. The maximum Gasteiger partial charge on any atom is 0.312 e. The fraction of sp³-hybridized carbons (Fsp3) is 0.846. The first kappa shape index (κ1) is 14.3. The van der Waals surface area contributed by atoms with Crippen LogP contribution in [0.1, 0.15) is 19.8 Å². The smallest absolute Gasteiger partial charge is 0.312 e. The van der Waals surface area contributed by atoms with E-state index in [1.807, 2.05) is 6.92 Å². The number of carbonyl (C=O) groups is 2. The Labute approximate surface area is 113 Å². The standard InChI is InChI=1S/C13H23N3O3/c1-10-3-7-16(11(10)9-17)13(19)12(18)15-6-2-4-14-5-8-15/h10-11,14,17H,2-9H2,1H3. The van der Waals surface area contributed by atoms with Gasteiger partial charge in [-0.1, -0.05) is 6.92 Å². The Morgan fingerprint density at radius 3 is 2.74 bits per heavy atom. The summed E-state index contributed by atoms with van der Waals surface area (Å²) < 4.78 is 0. The van der Waals surface area contributed by atoms with E-state index in [1.165, 1.54) is 0 Å². The predicted molar refractivity (Wildman–Crippen MR) is 70.4 cm³/mol. The van der Waals surface area contributed by atoms with E-state index >= 15 is 0 Å². The molecule has 0 spiro atoms. The molecule has 2 heterocycles. The summed E-state index contributed by atoms with van der Waals surface area (Å²) >= 11 is 0. The van der Waals surface area contributed by atoms with E-state index in [0.717, 1.165) is 25.9 Å². The molecule has 0 aromatic carbocycles. The quantitative estimate of drug-likeness (QED) is 0.601. The molecule has 6 nitrogen and oxygen atoms in total. The molecule has 2 aliphatic heterocycles. The Hall–Kier alpha value is -1.14. The summed E-state index contributed by atoms with van der Waals surface area (Å²) in [5.41, 5.74) is 0. The zero-order valence-corrected chi connectivity index (χ0v) is 11.5. The largest absolute Gasteiger partial charge is 0.394 e. The van der Waals surface area contributed by atoms with Crippen LogP contribution in [0.15, 0.2) is 0 Å². The average molecular weight is 269 g/mol. The number of nitrogens with one attached hydrogen (secondary N) is 1. The van der Waals surface area contributed by atoms with Gasteiger partial charge in [0, 0.05) is 26.2 Å². The third kappa shape index (κ3) is 3.06. The van der Waals surface area contributed by atoms with Crippen molar-refractivity contribution in [2.75, 3.05) is 39.3 Å². The maximum atomic E-state index is 12.3. The molecule has 19 heavy (non-hydrogen) atoms. The second-order valence-corrected chi connectivity index (χ2v) is 5.41. The first-order chi connectivity index (χ1) is 9.15. The van der Waals surface area contributed by atoms with Gasteiger partial charge in [-0.2, -0.15) is 0 Å². The number of amides is 2. The van der Waals surface area contributed by atoms with Crippen molar-refractivity contribution in [3.63, 3.8) is 0 Å². The molecule has 0 bridgehead atoms. The summed E-state index contributed by atoms with van der Waals surface area (Å²) in [7, 11) is 0. The van der Waals surface area contributed by atoms with Crippen LogP contribution in [-0.2, 0) is 9.59 Å². The molecule has 0 aromatic rings. The molecule has 6 heteroatoms. The summed E-state index contributed by atoms with van der Waals surface area (Å²) in [5.74, 6) is -0.617. The number of carbonyl (C=O) groups excluding carboxylic acids is 2. The van der Waals surface area contributed by atoms with E-state index in [-0.39, 0.29) is 18.6 Å². The Kier molecular flexibility index (Phi) is 4.76. The molecular formula is C13H23N3O3. The molecule has 2 aliphatic rings. The summed E-state index contributed by atoms with van der Waals surface area (Å²) in [4.78, 5) is 27.7. The van der Waals surface area contributed by atoms with Gasteiger partial charge in [-0.3, -0.25) is 9.59 Å². The fourth-order valence-electron chi connectivity index (χ4n) is 2.85. The first-order valence-electron chi connectivity index (χ1n) is 7.06. The van der Waals surface area contributed by atoms with Crippen LogP contribution in [0, 0.1) is 5.92 Å². The average Bonchev–Trinajstić information content (AvgIpc) is 2.64. The van der Waals surface area contributed by atoms with Gasteiger partial charge >= 0.3 is 11.8 Å². The zero-order chi connectivity index (χ0) is 13.8. The monoisotopic (exact) mass is 269 g/mol. The minimum atomic E-state index is -0.453. The van der Waals surface area contributed by atoms with Gasteiger partial charge in [-0.15, -0.1) is 0 Å². The number of hydrogen-bond donors (Lipinski definition) is 2. The van der Waals surface area contributed by atoms with Gasteiger partial charge < -0.3 is 20.2 Å². The number of hydrogen-bond acceptors (Lipinski definition) is 4. The van der Waals surface area contributed by atoms with Gasteiger partial charge in [0.05, 0.1) is 12.6 Å². The lowest BCUT2D eigenvalue weighted by molar-refractivity contribution is -0.152. The van der Waals surface area contributed by atoms with E-state index in [2.05, 4.69) is 5.32 Å². The highest BCUT2D eigenvalue weighted by Crippen LogP contribution is 2.23. The maximum absolute atomic E-state index is 12.3. The van der Waals surface area contributed by atoms with Crippen LogP contribution in [-0.4, -0.2) is 72.1 Å². The molecule has 2 saturated heterocycles. The Morgan fingerprint density at radius 1 is 1.21 bits per heavy atom. The zero-order valence-electron chi connectivity index (χ0n) is 11.5. The second-order valence-electron chi connectivity index (χ2n) is 5.41. The van der Waals surface area contributed by atoms with Crippen molar-refractivity contribution in [2.24, 2.45) is 5.92 Å². The van der Waals surface area contributed by atoms with Crippen LogP contribution in [0.2, 0.25) is 0 Å². The molecule has 0 radical (unpaired) electrons. The third-order valence-corrected chi connectivity index (χ3v) is 4.14. The van der Waals surface area contributed by atoms with Gasteiger partial charge in [0.2, 0.25) is 0 Å². The van der Waals surface area contributed by atoms with Crippen LogP contribution in [0.3, 0.4) is 0 Å². The van der Waals surface area contributed by atoms with Gasteiger partial charge in [0.25, 0.3) is 0 Å². The predicted octanol–water partition coefficient (Wildman–Crippen LogP) is -0.962. The van der Waals surface area contributed by atoms with Crippen molar-refractivity contribution < 1.29 is 14.7 Å². The van der Waals surface area contributed by atoms with Crippen LogP contribution >= 0.6 is 0 Å². The minimum Gasteiger partial charge on any atom is -0.394 e. The normalized spacial score (nSPS) is 28.3. The van der Waals surface area contributed by atoms with Crippen LogP contribution in [0.25, 0.3) is 0 Å². The Morgan fingerprint density at radius 2 is 2.00 bits per heavy atom. The van der Waals surface area contributed by atoms with Gasteiger partial charge in [-0.25, -0.2) is 0 Å². The number of nitrogens with zero attached hydrogens (tertiary/aromatic N) is 2. The highest BCUT2D eigenvalue weighted by molar-refractivity contribution is 6.35. The van der Waals surface area contributed by atoms with Gasteiger partial charge in [0.15, 0.2) is 0 Å². The number of rotatable bonds is 1. The number of likely N-dealkylation sites (tertiary alicyclic amines) is 1. The van der Waals surface area contributed by atoms with Crippen molar-refractivity contribution in [1.29, 1.82) is 0 Å². The SMILES string of the molecule is CC1CCN(C(=O)C(=O)N2CCCNCC2)C1CO. The highest BCUT2D eigenvalue weighted by atomic mass is 16.3. The van der Waals surface area contributed by atoms with Crippen LogP contribution in [0.4, 0.5) is 0 Å². The van der Waals surface area contributed by atoms with Crippen molar-refractivity contribution in [3.05, 3.63) is 0 Å². The number of aliphatic hydroxyl groups excluding tert-OH is 1. The highest BCUT2D eigenvalue weighted by Gasteiger charge is 2.38. The van der Waals surface area contributed by atoms with E-state index in [0.29, 0.717) is 19.6 Å². The summed E-state index contributed by atoms with van der Waals surface area (Å²) in [6.45, 7) is 5.35. The van der Waals surface area contributed by atoms with Crippen molar-refractivity contribution in [2.45, 2.75) is 25.8 Å². The minimum absolute atomic E-state index is 0.0677. The molecule has 108 valence electrons. The van der Waals surface area contributed by atoms with E-state index in [4.69, 9.17) is 0 Å². The number of aliphatic hydroxyl groups is 1. The molecule has 0 aromatic heterocycles. The first-order valence-corrected chi connectivity index (χ1v) is 7.06. The topological polar surface area (TPSA) is 72.9 Å². The van der Waals surface area contributed by atoms with Gasteiger partial charge in [0.1, 0.15) is 0 Å². The molecule has 0 aliphatic carbocycles. The third-order valence-electron chi connectivity index (χ3n) is 4.14.